The zero-order valence-electron chi connectivity index (χ0n) is 20.8. The van der Waals surface area contributed by atoms with Crippen LogP contribution in [-0.4, -0.2) is 76.3 Å². The second-order valence-corrected chi connectivity index (χ2v) is 9.80. The van der Waals surface area contributed by atoms with Gasteiger partial charge >= 0.3 is 5.97 Å². The fraction of sp³-hybridized carbons (Fsp3) is 0.720. The molecule has 11 heteroatoms. The van der Waals surface area contributed by atoms with Crippen LogP contribution in [0, 0.1) is 5.92 Å². The molecule has 2 amide bonds. The number of likely N-dealkylation sites (tertiary alicyclic amines) is 1. The molecule has 0 aromatic carbocycles. The molecule has 3 atom stereocenters. The summed E-state index contributed by atoms with van der Waals surface area (Å²) in [5, 5.41) is 14.9. The first-order valence-corrected chi connectivity index (χ1v) is 13.1. The third kappa shape index (κ3) is 7.86. The maximum atomic E-state index is 13.5. The van der Waals surface area contributed by atoms with E-state index in [4.69, 9.17) is 15.3 Å². The number of oxazole rings is 1. The molecule has 1 aromatic heterocycles. The van der Waals surface area contributed by atoms with Gasteiger partial charge in [-0.2, -0.15) is 0 Å². The summed E-state index contributed by atoms with van der Waals surface area (Å²) >= 11 is 0. The summed E-state index contributed by atoms with van der Waals surface area (Å²) < 4.78 is 5.14. The van der Waals surface area contributed by atoms with Gasteiger partial charge in [-0.05, 0) is 51.0 Å². The van der Waals surface area contributed by atoms with Gasteiger partial charge in [0.2, 0.25) is 17.6 Å². The summed E-state index contributed by atoms with van der Waals surface area (Å²) in [5.74, 6) is -1.81. The first-order chi connectivity index (χ1) is 17.4. The number of carboxylic acid groups (broad SMARTS) is 1. The van der Waals surface area contributed by atoms with E-state index in [1.165, 1.54) is 18.9 Å². The number of Topliss-reactive ketones (excluding diaryl/α,β-unsaturated/α-hetero) is 1. The van der Waals surface area contributed by atoms with Crippen LogP contribution in [0.5, 0.6) is 0 Å². The smallest absolute Gasteiger partial charge is 0.317 e. The van der Waals surface area contributed by atoms with Crippen molar-refractivity contribution in [2.75, 3.05) is 19.6 Å². The molecular weight excluding hydrogens is 466 g/mol. The summed E-state index contributed by atoms with van der Waals surface area (Å²) in [4.78, 5) is 56.4. The van der Waals surface area contributed by atoms with Gasteiger partial charge in [-0.3, -0.25) is 24.5 Å². The summed E-state index contributed by atoms with van der Waals surface area (Å²) in [6.07, 6.45) is 11.6. The molecule has 1 saturated heterocycles. The van der Waals surface area contributed by atoms with Crippen molar-refractivity contribution in [1.29, 1.82) is 0 Å². The quantitative estimate of drug-likeness (QED) is 0.216. The van der Waals surface area contributed by atoms with Crippen molar-refractivity contribution in [3.63, 3.8) is 0 Å². The Labute approximate surface area is 211 Å². The SMILES string of the molecule is NCCCC[C@H](NC(=O)[C@@H]1CCCN1C(=O)[C@@H](CC1CCCCC1)NCC(=O)O)C(=O)c1ncco1. The number of carbonyl (C=O) groups is 4. The first-order valence-electron chi connectivity index (χ1n) is 13.1. The average molecular weight is 506 g/mol. The van der Waals surface area contributed by atoms with Crippen molar-refractivity contribution in [1.82, 2.24) is 20.5 Å². The Kier molecular flexibility index (Phi) is 10.9. The average Bonchev–Trinajstić information content (AvgIpc) is 3.58. The standard InChI is InChI=1S/C25H39N5O6/c26-11-5-4-9-18(22(33)24-27-12-14-36-24)29-23(34)20-10-6-13-30(20)25(35)19(28-16-21(31)32)15-17-7-2-1-3-8-17/h12,14,17-20,28H,1-11,13,15-16,26H2,(H,29,34)(H,31,32)/t18-,19+,20-/m0/s1. The molecule has 2 fully saturated rings. The number of unbranched alkanes of at least 4 members (excludes halogenated alkanes) is 1. The third-order valence-corrected chi connectivity index (χ3v) is 7.15. The molecular formula is C25H39N5O6. The van der Waals surface area contributed by atoms with Gasteiger partial charge in [-0.1, -0.05) is 32.1 Å². The molecule has 2 aliphatic rings. The molecule has 0 unspecified atom stereocenters. The van der Waals surface area contributed by atoms with Gasteiger partial charge in [0.15, 0.2) is 0 Å². The number of carbonyl (C=O) groups excluding carboxylic acids is 3. The number of carboxylic acids is 1. The molecule has 1 aromatic rings. The van der Waals surface area contributed by atoms with Crippen LogP contribution in [0.15, 0.2) is 16.9 Å². The number of nitrogens with zero attached hydrogens (tertiary/aromatic N) is 2. The van der Waals surface area contributed by atoms with Crippen molar-refractivity contribution in [2.45, 2.75) is 88.8 Å². The zero-order valence-corrected chi connectivity index (χ0v) is 20.8. The van der Waals surface area contributed by atoms with E-state index in [1.54, 1.807) is 4.90 Å². The number of aromatic nitrogens is 1. The second kappa shape index (κ2) is 14.1. The van der Waals surface area contributed by atoms with Gasteiger partial charge < -0.3 is 25.5 Å². The maximum absolute atomic E-state index is 13.5. The first kappa shape index (κ1) is 27.8. The fourth-order valence-corrected chi connectivity index (χ4v) is 5.27. The Morgan fingerprint density at radius 1 is 1.11 bits per heavy atom. The highest BCUT2D eigenvalue weighted by Gasteiger charge is 2.39. The number of rotatable bonds is 14. The lowest BCUT2D eigenvalue weighted by Gasteiger charge is -2.32. The lowest BCUT2D eigenvalue weighted by atomic mass is 9.84. The number of nitrogens with one attached hydrogen (secondary N) is 2. The van der Waals surface area contributed by atoms with Crippen LogP contribution in [-0.2, 0) is 14.4 Å². The number of nitrogens with two attached hydrogens (primary N) is 1. The largest absolute Gasteiger partial charge is 0.480 e. The van der Waals surface area contributed by atoms with E-state index < -0.39 is 35.8 Å². The van der Waals surface area contributed by atoms with Gasteiger partial charge in [-0.15, -0.1) is 0 Å². The molecule has 36 heavy (non-hydrogen) atoms. The minimum absolute atomic E-state index is 0.0715. The van der Waals surface area contributed by atoms with Crippen molar-refractivity contribution in [2.24, 2.45) is 11.7 Å². The Morgan fingerprint density at radius 2 is 1.89 bits per heavy atom. The monoisotopic (exact) mass is 505 g/mol. The Balaban J connectivity index is 1.69. The van der Waals surface area contributed by atoms with E-state index >= 15 is 0 Å². The molecule has 200 valence electrons. The van der Waals surface area contributed by atoms with Crippen LogP contribution < -0.4 is 16.4 Å². The van der Waals surface area contributed by atoms with E-state index in [-0.39, 0.29) is 18.3 Å². The van der Waals surface area contributed by atoms with Crippen LogP contribution in [0.2, 0.25) is 0 Å². The van der Waals surface area contributed by atoms with Crippen LogP contribution in [0.1, 0.15) is 81.3 Å². The summed E-state index contributed by atoms with van der Waals surface area (Å²) in [7, 11) is 0. The minimum Gasteiger partial charge on any atom is -0.480 e. The van der Waals surface area contributed by atoms with Crippen molar-refractivity contribution in [3.05, 3.63) is 18.4 Å². The van der Waals surface area contributed by atoms with Crippen LogP contribution in [0.3, 0.4) is 0 Å². The number of amides is 2. The molecule has 5 N–H and O–H groups in total. The topological polar surface area (TPSA) is 168 Å². The Hall–Kier alpha value is -2.79. The van der Waals surface area contributed by atoms with Gasteiger partial charge in [0.05, 0.1) is 24.8 Å². The number of hydrogen-bond donors (Lipinski definition) is 4. The van der Waals surface area contributed by atoms with E-state index in [2.05, 4.69) is 15.6 Å². The highest BCUT2D eigenvalue weighted by Crippen LogP contribution is 2.29. The molecule has 2 heterocycles. The highest BCUT2D eigenvalue weighted by molar-refractivity contribution is 5.99. The molecule has 0 radical (unpaired) electrons. The van der Waals surface area contributed by atoms with E-state index in [1.807, 2.05) is 0 Å². The minimum atomic E-state index is -1.03. The molecule has 3 rings (SSSR count). The second-order valence-electron chi connectivity index (χ2n) is 9.80. The Morgan fingerprint density at radius 3 is 2.56 bits per heavy atom. The van der Waals surface area contributed by atoms with Crippen molar-refractivity contribution < 1.29 is 28.7 Å². The predicted octanol–water partition coefficient (Wildman–Crippen LogP) is 1.48. The molecule has 1 saturated carbocycles. The maximum Gasteiger partial charge on any atom is 0.317 e. The van der Waals surface area contributed by atoms with E-state index in [0.29, 0.717) is 57.5 Å². The summed E-state index contributed by atoms with van der Waals surface area (Å²) in [5.41, 5.74) is 5.59. The fourth-order valence-electron chi connectivity index (χ4n) is 5.27. The summed E-state index contributed by atoms with van der Waals surface area (Å²) in [6, 6.07) is -2.21. The van der Waals surface area contributed by atoms with E-state index in [0.717, 1.165) is 25.7 Å². The predicted molar refractivity (Wildman–Crippen MR) is 131 cm³/mol. The van der Waals surface area contributed by atoms with Crippen LogP contribution in [0.4, 0.5) is 0 Å². The van der Waals surface area contributed by atoms with E-state index in [9.17, 15) is 19.2 Å². The zero-order chi connectivity index (χ0) is 25.9. The Bertz CT molecular complexity index is 870. The molecule has 0 bridgehead atoms. The van der Waals surface area contributed by atoms with Gasteiger partial charge in [0.1, 0.15) is 12.3 Å². The normalized spacial score (nSPS) is 20.1. The molecule has 1 aliphatic carbocycles. The van der Waals surface area contributed by atoms with Gasteiger partial charge in [-0.25, -0.2) is 4.98 Å². The number of ketones is 1. The lowest BCUT2D eigenvalue weighted by Crippen LogP contribution is -2.55. The van der Waals surface area contributed by atoms with Gasteiger partial charge in [0.25, 0.3) is 5.89 Å². The van der Waals surface area contributed by atoms with Crippen LogP contribution >= 0.6 is 0 Å². The van der Waals surface area contributed by atoms with Crippen LogP contribution in [0.25, 0.3) is 0 Å². The number of hydrogen-bond acceptors (Lipinski definition) is 8. The lowest BCUT2D eigenvalue weighted by molar-refractivity contribution is -0.141. The highest BCUT2D eigenvalue weighted by atomic mass is 16.4. The molecule has 1 aliphatic heterocycles. The van der Waals surface area contributed by atoms with Gasteiger partial charge in [0, 0.05) is 6.54 Å². The molecule has 11 nitrogen and oxygen atoms in total. The molecule has 0 spiro atoms. The summed E-state index contributed by atoms with van der Waals surface area (Å²) in [6.45, 7) is 0.574. The number of aliphatic carboxylic acids is 1. The van der Waals surface area contributed by atoms with Crippen molar-refractivity contribution in [3.8, 4) is 0 Å². The third-order valence-electron chi connectivity index (χ3n) is 7.15. The van der Waals surface area contributed by atoms with Crippen molar-refractivity contribution >= 4 is 23.6 Å².